The second-order valence-corrected chi connectivity index (χ2v) is 6.20. The van der Waals surface area contributed by atoms with Gasteiger partial charge in [0.15, 0.2) is 0 Å². The highest BCUT2D eigenvalue weighted by atomic mass is 16.3. The number of hydrogen-bond donors (Lipinski definition) is 3. The third-order valence-corrected chi connectivity index (χ3v) is 3.00. The molecule has 0 aromatic carbocycles. The number of urea groups is 1. The molecule has 0 spiro atoms. The summed E-state index contributed by atoms with van der Waals surface area (Å²) in [5.41, 5.74) is -0.126. The quantitative estimate of drug-likeness (QED) is 0.706. The first-order valence-electron chi connectivity index (χ1n) is 6.97. The predicted octanol–water partition coefficient (Wildman–Crippen LogP) is 1.37. The molecule has 1 rings (SSSR count). The number of hydrogen-bond acceptors (Lipinski definition) is 3. The van der Waals surface area contributed by atoms with Crippen molar-refractivity contribution in [1.29, 1.82) is 0 Å². The van der Waals surface area contributed by atoms with Gasteiger partial charge in [-0.25, -0.2) is 9.78 Å². The molecule has 0 saturated heterocycles. The number of nitrogens with one attached hydrogen (secondary N) is 2. The number of rotatable bonds is 7. The van der Waals surface area contributed by atoms with Crippen molar-refractivity contribution < 1.29 is 9.90 Å². The fourth-order valence-electron chi connectivity index (χ4n) is 2.22. The maximum absolute atomic E-state index is 11.8. The summed E-state index contributed by atoms with van der Waals surface area (Å²) in [4.78, 5) is 15.8. The Morgan fingerprint density at radius 2 is 2.15 bits per heavy atom. The van der Waals surface area contributed by atoms with Crippen LogP contribution < -0.4 is 10.6 Å². The van der Waals surface area contributed by atoms with Crippen molar-refractivity contribution >= 4 is 6.03 Å². The molecule has 0 radical (unpaired) electrons. The van der Waals surface area contributed by atoms with Gasteiger partial charge < -0.3 is 20.3 Å². The summed E-state index contributed by atoms with van der Waals surface area (Å²) in [6.45, 7) is 8.96. The standard InChI is InChI=1S/C14H26N4O2/c1-11(8-18-6-5-15-10-18)17-13(20)16-9-14(3,4)7-12(2)19/h5-6,10-12,19H,7-9H2,1-4H3,(H2,16,17,20). The van der Waals surface area contributed by atoms with Gasteiger partial charge in [-0.3, -0.25) is 0 Å². The molecule has 1 heterocycles. The molecule has 2 amide bonds. The fourth-order valence-corrected chi connectivity index (χ4v) is 2.22. The van der Waals surface area contributed by atoms with Crippen molar-refractivity contribution in [1.82, 2.24) is 20.2 Å². The molecule has 6 nitrogen and oxygen atoms in total. The second kappa shape index (κ2) is 7.28. The molecule has 0 aliphatic rings. The smallest absolute Gasteiger partial charge is 0.315 e. The molecule has 2 atom stereocenters. The van der Waals surface area contributed by atoms with Gasteiger partial charge in [-0.05, 0) is 25.7 Å². The summed E-state index contributed by atoms with van der Waals surface area (Å²) >= 11 is 0. The molecule has 1 aromatic rings. The number of amides is 2. The van der Waals surface area contributed by atoms with Gasteiger partial charge in [-0.1, -0.05) is 13.8 Å². The van der Waals surface area contributed by atoms with Gasteiger partial charge in [0.05, 0.1) is 12.4 Å². The minimum absolute atomic E-state index is 0.0177. The highest BCUT2D eigenvalue weighted by molar-refractivity contribution is 5.74. The zero-order chi connectivity index (χ0) is 15.2. The molecule has 3 N–H and O–H groups in total. The van der Waals surface area contributed by atoms with E-state index in [1.54, 1.807) is 19.4 Å². The lowest BCUT2D eigenvalue weighted by Crippen LogP contribution is -2.45. The van der Waals surface area contributed by atoms with Crippen LogP contribution in [0.2, 0.25) is 0 Å². The molecule has 0 fully saturated rings. The van der Waals surface area contributed by atoms with Crippen molar-refractivity contribution in [3.63, 3.8) is 0 Å². The minimum Gasteiger partial charge on any atom is -0.393 e. The Kier molecular flexibility index (Phi) is 6.01. The SMILES string of the molecule is CC(O)CC(C)(C)CNC(=O)NC(C)Cn1ccnc1. The van der Waals surface area contributed by atoms with Gasteiger partial charge >= 0.3 is 6.03 Å². The van der Waals surface area contributed by atoms with Crippen LogP contribution in [-0.2, 0) is 6.54 Å². The van der Waals surface area contributed by atoms with Crippen LogP contribution >= 0.6 is 0 Å². The average molecular weight is 282 g/mol. The van der Waals surface area contributed by atoms with E-state index in [-0.39, 0.29) is 23.6 Å². The summed E-state index contributed by atoms with van der Waals surface area (Å²) in [5, 5.41) is 15.1. The topological polar surface area (TPSA) is 79.2 Å². The normalized spacial score (nSPS) is 14.7. The van der Waals surface area contributed by atoms with Gasteiger partial charge in [0.25, 0.3) is 0 Å². The van der Waals surface area contributed by atoms with Crippen molar-refractivity contribution in [3.05, 3.63) is 18.7 Å². The lowest BCUT2D eigenvalue weighted by molar-refractivity contribution is 0.128. The van der Waals surface area contributed by atoms with Crippen molar-refractivity contribution in [3.8, 4) is 0 Å². The zero-order valence-electron chi connectivity index (χ0n) is 12.8. The highest BCUT2D eigenvalue weighted by Crippen LogP contribution is 2.20. The van der Waals surface area contributed by atoms with Crippen LogP contribution in [0.25, 0.3) is 0 Å². The Balaban J connectivity index is 2.29. The number of aromatic nitrogens is 2. The molecular weight excluding hydrogens is 256 g/mol. The van der Waals surface area contributed by atoms with Crippen molar-refractivity contribution in [2.24, 2.45) is 5.41 Å². The van der Waals surface area contributed by atoms with Gasteiger partial charge in [0.1, 0.15) is 0 Å². The number of carbonyl (C=O) groups is 1. The maximum Gasteiger partial charge on any atom is 0.315 e. The summed E-state index contributed by atoms with van der Waals surface area (Å²) in [6, 6.07) is -0.166. The third-order valence-electron chi connectivity index (χ3n) is 3.00. The van der Waals surface area contributed by atoms with E-state index < -0.39 is 0 Å². The summed E-state index contributed by atoms with van der Waals surface area (Å²) < 4.78 is 1.92. The Morgan fingerprint density at radius 3 is 2.70 bits per heavy atom. The average Bonchev–Trinajstić information content (AvgIpc) is 2.77. The van der Waals surface area contributed by atoms with Crippen LogP contribution in [0, 0.1) is 5.41 Å². The molecule has 1 aromatic heterocycles. The molecule has 20 heavy (non-hydrogen) atoms. The molecule has 0 saturated carbocycles. The van der Waals surface area contributed by atoms with E-state index in [2.05, 4.69) is 15.6 Å². The first-order chi connectivity index (χ1) is 9.28. The van der Waals surface area contributed by atoms with E-state index in [0.29, 0.717) is 19.5 Å². The van der Waals surface area contributed by atoms with Crippen molar-refractivity contribution in [2.45, 2.75) is 52.8 Å². The largest absolute Gasteiger partial charge is 0.393 e. The van der Waals surface area contributed by atoms with E-state index in [9.17, 15) is 9.90 Å². The van der Waals surface area contributed by atoms with Crippen LogP contribution in [0.1, 0.15) is 34.1 Å². The molecule has 6 heteroatoms. The Bertz CT molecular complexity index is 401. The lowest BCUT2D eigenvalue weighted by atomic mass is 9.87. The monoisotopic (exact) mass is 282 g/mol. The van der Waals surface area contributed by atoms with Gasteiger partial charge in [0.2, 0.25) is 0 Å². The summed E-state index contributed by atoms with van der Waals surface area (Å²) in [6.07, 6.45) is 5.59. The van der Waals surface area contributed by atoms with E-state index in [0.717, 1.165) is 0 Å². The predicted molar refractivity (Wildman–Crippen MR) is 78.3 cm³/mol. The summed E-state index contributed by atoms with van der Waals surface area (Å²) in [5.74, 6) is 0. The van der Waals surface area contributed by atoms with E-state index in [1.165, 1.54) is 0 Å². The van der Waals surface area contributed by atoms with Gasteiger partial charge in [-0.2, -0.15) is 0 Å². The molecule has 2 unspecified atom stereocenters. The number of nitrogens with zero attached hydrogens (tertiary/aromatic N) is 2. The lowest BCUT2D eigenvalue weighted by Gasteiger charge is -2.26. The molecule has 0 bridgehead atoms. The van der Waals surface area contributed by atoms with Crippen LogP contribution in [0.3, 0.4) is 0 Å². The number of aliphatic hydroxyl groups is 1. The van der Waals surface area contributed by atoms with E-state index in [1.807, 2.05) is 31.5 Å². The highest BCUT2D eigenvalue weighted by Gasteiger charge is 2.21. The number of imidazole rings is 1. The second-order valence-electron chi connectivity index (χ2n) is 6.20. The van der Waals surface area contributed by atoms with Crippen LogP contribution in [-0.4, -0.2) is 39.4 Å². The Hall–Kier alpha value is -1.56. The van der Waals surface area contributed by atoms with Gasteiger partial charge in [0, 0.05) is 31.5 Å². The minimum atomic E-state index is -0.366. The first kappa shape index (κ1) is 16.5. The van der Waals surface area contributed by atoms with Crippen LogP contribution in [0.4, 0.5) is 4.79 Å². The number of carbonyl (C=O) groups excluding carboxylic acids is 1. The fraction of sp³-hybridized carbons (Fsp3) is 0.714. The van der Waals surface area contributed by atoms with Crippen LogP contribution in [0.15, 0.2) is 18.7 Å². The molecule has 0 aliphatic carbocycles. The van der Waals surface area contributed by atoms with E-state index >= 15 is 0 Å². The van der Waals surface area contributed by atoms with Crippen LogP contribution in [0.5, 0.6) is 0 Å². The van der Waals surface area contributed by atoms with Crippen molar-refractivity contribution in [2.75, 3.05) is 6.54 Å². The molecule has 0 aliphatic heterocycles. The zero-order valence-corrected chi connectivity index (χ0v) is 12.8. The molecule has 114 valence electrons. The first-order valence-corrected chi connectivity index (χ1v) is 6.97. The Labute approximate surface area is 120 Å². The maximum atomic E-state index is 11.8. The third kappa shape index (κ3) is 6.56. The molecular formula is C14H26N4O2. The Morgan fingerprint density at radius 1 is 1.45 bits per heavy atom. The summed E-state index contributed by atoms with van der Waals surface area (Å²) in [7, 11) is 0. The van der Waals surface area contributed by atoms with E-state index in [4.69, 9.17) is 0 Å². The number of aliphatic hydroxyl groups excluding tert-OH is 1. The van der Waals surface area contributed by atoms with Gasteiger partial charge in [-0.15, -0.1) is 0 Å².